The van der Waals surface area contributed by atoms with Crippen LogP contribution in [0.25, 0.3) is 0 Å². The Morgan fingerprint density at radius 2 is 2.06 bits per heavy atom. The lowest BCUT2D eigenvalue weighted by molar-refractivity contribution is 0.608. The van der Waals surface area contributed by atoms with Gasteiger partial charge >= 0.3 is 0 Å². The largest absolute Gasteiger partial charge is 0.357 e. The zero-order chi connectivity index (χ0) is 13.3. The van der Waals surface area contributed by atoms with Crippen LogP contribution in [0.4, 0.5) is 5.82 Å². The average molecular weight is 268 g/mol. The molecule has 1 heterocycles. The summed E-state index contributed by atoms with van der Waals surface area (Å²) in [4.78, 5) is 11.4. The molecular weight excluding hydrogens is 246 g/mol. The van der Waals surface area contributed by atoms with E-state index in [2.05, 4.69) is 30.8 Å². The van der Waals surface area contributed by atoms with Crippen molar-refractivity contribution < 1.29 is 0 Å². The molecule has 0 aliphatic heterocycles. The summed E-state index contributed by atoms with van der Waals surface area (Å²) in [5.74, 6) is 2.46. The number of aromatic nitrogens is 2. The van der Waals surface area contributed by atoms with Crippen molar-refractivity contribution >= 4 is 17.4 Å². The average Bonchev–Trinajstić information content (AvgIpc) is 3.16. The highest BCUT2D eigenvalue weighted by Crippen LogP contribution is 2.40. The Hall–Kier alpha value is -0.830. The van der Waals surface area contributed by atoms with Gasteiger partial charge in [-0.2, -0.15) is 0 Å². The third-order valence-electron chi connectivity index (χ3n) is 3.72. The predicted octanol–water partition coefficient (Wildman–Crippen LogP) is 3.94. The molecule has 4 heteroatoms. The van der Waals surface area contributed by atoms with E-state index in [0.29, 0.717) is 17.1 Å². The van der Waals surface area contributed by atoms with Gasteiger partial charge in [-0.05, 0) is 33.1 Å². The molecule has 0 saturated heterocycles. The van der Waals surface area contributed by atoms with E-state index in [1.54, 1.807) is 0 Å². The molecule has 0 aromatic carbocycles. The minimum absolute atomic E-state index is 0.478. The molecule has 1 fully saturated rings. The highest BCUT2D eigenvalue weighted by Gasteiger charge is 2.28. The van der Waals surface area contributed by atoms with Crippen molar-refractivity contribution in [2.45, 2.75) is 58.4 Å². The van der Waals surface area contributed by atoms with Crippen molar-refractivity contribution in [1.82, 2.24) is 9.97 Å². The van der Waals surface area contributed by atoms with Crippen LogP contribution < -0.4 is 4.90 Å². The Morgan fingerprint density at radius 3 is 2.61 bits per heavy atom. The van der Waals surface area contributed by atoms with Crippen molar-refractivity contribution in [1.29, 1.82) is 0 Å². The molecule has 1 atom stereocenters. The maximum absolute atomic E-state index is 6.24. The zero-order valence-electron chi connectivity index (χ0n) is 11.7. The fourth-order valence-corrected chi connectivity index (χ4v) is 2.35. The van der Waals surface area contributed by atoms with Gasteiger partial charge in [-0.25, -0.2) is 9.97 Å². The molecule has 2 rings (SSSR count). The van der Waals surface area contributed by atoms with Gasteiger partial charge in [0.15, 0.2) is 0 Å². The number of nitrogens with zero attached hydrogens (tertiary/aromatic N) is 3. The monoisotopic (exact) mass is 267 g/mol. The summed E-state index contributed by atoms with van der Waals surface area (Å²) in [6.45, 7) is 6.44. The summed E-state index contributed by atoms with van der Waals surface area (Å²) >= 11 is 6.24. The van der Waals surface area contributed by atoms with Gasteiger partial charge in [-0.1, -0.05) is 24.9 Å². The Kier molecular flexibility index (Phi) is 4.10. The van der Waals surface area contributed by atoms with Crippen molar-refractivity contribution in [3.8, 4) is 0 Å². The van der Waals surface area contributed by atoms with Gasteiger partial charge in [-0.15, -0.1) is 0 Å². The van der Waals surface area contributed by atoms with Crippen LogP contribution in [0.15, 0.2) is 0 Å². The number of hydrogen-bond acceptors (Lipinski definition) is 3. The molecule has 18 heavy (non-hydrogen) atoms. The van der Waals surface area contributed by atoms with Crippen LogP contribution >= 0.6 is 11.6 Å². The van der Waals surface area contributed by atoms with Gasteiger partial charge in [-0.3, -0.25) is 0 Å². The van der Waals surface area contributed by atoms with Crippen LogP contribution in [0.1, 0.15) is 56.8 Å². The first-order valence-electron chi connectivity index (χ1n) is 6.81. The normalized spacial score (nSPS) is 16.7. The molecule has 1 aliphatic rings. The topological polar surface area (TPSA) is 29.0 Å². The third-order valence-corrected chi connectivity index (χ3v) is 4.09. The third kappa shape index (κ3) is 2.77. The first-order chi connectivity index (χ1) is 8.54. The number of anilines is 1. The van der Waals surface area contributed by atoms with Crippen LogP contribution in [-0.2, 0) is 0 Å². The molecular formula is C14H22ClN3. The molecule has 1 saturated carbocycles. The minimum Gasteiger partial charge on any atom is -0.357 e. The van der Waals surface area contributed by atoms with Crippen LogP contribution in [0.3, 0.4) is 0 Å². The van der Waals surface area contributed by atoms with E-state index < -0.39 is 0 Å². The smallest absolute Gasteiger partial charge is 0.137 e. The molecule has 0 radical (unpaired) electrons. The fraction of sp³-hybridized carbons (Fsp3) is 0.714. The van der Waals surface area contributed by atoms with Crippen molar-refractivity contribution in [3.05, 3.63) is 16.5 Å². The molecule has 100 valence electrons. The van der Waals surface area contributed by atoms with Crippen molar-refractivity contribution in [2.24, 2.45) is 0 Å². The van der Waals surface area contributed by atoms with Gasteiger partial charge in [0.2, 0.25) is 0 Å². The van der Waals surface area contributed by atoms with E-state index >= 15 is 0 Å². The van der Waals surface area contributed by atoms with Gasteiger partial charge in [0.1, 0.15) is 16.8 Å². The van der Waals surface area contributed by atoms with E-state index in [4.69, 9.17) is 16.6 Å². The van der Waals surface area contributed by atoms with Crippen molar-refractivity contribution in [2.75, 3.05) is 11.9 Å². The molecule has 0 spiro atoms. The van der Waals surface area contributed by atoms with E-state index in [9.17, 15) is 0 Å². The first-order valence-corrected chi connectivity index (χ1v) is 7.19. The molecule has 1 aromatic rings. The Bertz CT molecular complexity index is 429. The highest BCUT2D eigenvalue weighted by atomic mass is 35.5. The summed E-state index contributed by atoms with van der Waals surface area (Å²) < 4.78 is 0. The quantitative estimate of drug-likeness (QED) is 0.757. The Labute approximate surface area is 115 Å². The lowest BCUT2D eigenvalue weighted by atomic mass is 10.1. The summed E-state index contributed by atoms with van der Waals surface area (Å²) in [7, 11) is 2.10. The van der Waals surface area contributed by atoms with E-state index in [0.717, 1.165) is 23.6 Å². The van der Waals surface area contributed by atoms with Gasteiger partial charge in [0.05, 0.1) is 0 Å². The molecule has 0 N–H and O–H groups in total. The highest BCUT2D eigenvalue weighted by molar-refractivity contribution is 6.30. The van der Waals surface area contributed by atoms with E-state index in [1.165, 1.54) is 19.3 Å². The standard InChI is InChI=1S/C14H22ClN3/c1-5-6-9(2)18(4)14-10(3)12(15)16-13(17-14)11-7-8-11/h9,11H,5-8H2,1-4H3. The van der Waals surface area contributed by atoms with E-state index in [-0.39, 0.29) is 0 Å². The molecule has 1 aliphatic carbocycles. The molecule has 1 unspecified atom stereocenters. The molecule has 1 aromatic heterocycles. The Balaban J connectivity index is 2.30. The van der Waals surface area contributed by atoms with Gasteiger partial charge in [0, 0.05) is 24.6 Å². The summed E-state index contributed by atoms with van der Waals surface area (Å²) in [6, 6.07) is 0.478. The molecule has 0 amide bonds. The summed E-state index contributed by atoms with van der Waals surface area (Å²) in [5, 5.41) is 0.609. The summed E-state index contributed by atoms with van der Waals surface area (Å²) in [5.41, 5.74) is 0.992. The predicted molar refractivity (Wildman–Crippen MR) is 76.5 cm³/mol. The van der Waals surface area contributed by atoms with Crippen LogP contribution in [0.5, 0.6) is 0 Å². The molecule has 3 nitrogen and oxygen atoms in total. The minimum atomic E-state index is 0.478. The second-order valence-electron chi connectivity index (χ2n) is 5.34. The maximum Gasteiger partial charge on any atom is 0.137 e. The van der Waals surface area contributed by atoms with Gasteiger partial charge < -0.3 is 4.90 Å². The second kappa shape index (κ2) is 5.43. The SMILES string of the molecule is CCCC(C)N(C)c1nc(C2CC2)nc(Cl)c1C. The number of halogens is 1. The summed E-state index contributed by atoms with van der Waals surface area (Å²) in [6.07, 6.45) is 4.75. The number of rotatable bonds is 5. The second-order valence-corrected chi connectivity index (χ2v) is 5.70. The fourth-order valence-electron chi connectivity index (χ4n) is 2.18. The maximum atomic E-state index is 6.24. The lowest BCUT2D eigenvalue weighted by Gasteiger charge is -2.27. The van der Waals surface area contributed by atoms with Crippen LogP contribution in [0.2, 0.25) is 5.15 Å². The number of hydrogen-bond donors (Lipinski definition) is 0. The lowest BCUT2D eigenvalue weighted by Crippen LogP contribution is -2.30. The zero-order valence-corrected chi connectivity index (χ0v) is 12.5. The van der Waals surface area contributed by atoms with E-state index in [1.807, 2.05) is 6.92 Å². The van der Waals surface area contributed by atoms with Crippen LogP contribution in [-0.4, -0.2) is 23.1 Å². The first kappa shape index (κ1) is 13.6. The van der Waals surface area contributed by atoms with Gasteiger partial charge in [0.25, 0.3) is 0 Å². The van der Waals surface area contributed by atoms with Crippen molar-refractivity contribution in [3.63, 3.8) is 0 Å². The van der Waals surface area contributed by atoms with Crippen LogP contribution in [0, 0.1) is 6.92 Å². The molecule has 0 bridgehead atoms. The Morgan fingerprint density at radius 1 is 1.39 bits per heavy atom.